The maximum absolute atomic E-state index is 13.4. The molecule has 0 bridgehead atoms. The summed E-state index contributed by atoms with van der Waals surface area (Å²) in [6.45, 7) is 9.55. The van der Waals surface area contributed by atoms with E-state index >= 15 is 0 Å². The van der Waals surface area contributed by atoms with Crippen LogP contribution in [0.1, 0.15) is 60.8 Å². The molecule has 1 N–H and O–H groups in total. The minimum absolute atomic E-state index is 0.0597. The van der Waals surface area contributed by atoms with E-state index in [-0.39, 0.29) is 30.0 Å². The zero-order valence-electron chi connectivity index (χ0n) is 21.2. The Kier molecular flexibility index (Phi) is 6.21. The number of fused-ring (bicyclic) bond motifs is 3. The van der Waals surface area contributed by atoms with Crippen LogP contribution in [0, 0.1) is 5.92 Å². The van der Waals surface area contributed by atoms with Gasteiger partial charge in [0.2, 0.25) is 0 Å². The summed E-state index contributed by atoms with van der Waals surface area (Å²) in [4.78, 5) is 32.7. The second-order valence-electron chi connectivity index (χ2n) is 11.0. The molecule has 3 heterocycles. The van der Waals surface area contributed by atoms with Crippen molar-refractivity contribution in [1.82, 2.24) is 14.7 Å². The molecule has 3 aliphatic heterocycles. The number of benzene rings is 2. The van der Waals surface area contributed by atoms with Gasteiger partial charge in [-0.25, -0.2) is 4.79 Å². The average Bonchev–Trinajstić information content (AvgIpc) is 3.29. The predicted octanol–water partition coefficient (Wildman–Crippen LogP) is 4.54. The van der Waals surface area contributed by atoms with Crippen molar-refractivity contribution in [3.63, 3.8) is 0 Å². The van der Waals surface area contributed by atoms with Crippen molar-refractivity contribution in [1.29, 1.82) is 0 Å². The molecule has 2 fully saturated rings. The smallest absolute Gasteiger partial charge is 0.410 e. The van der Waals surface area contributed by atoms with Crippen LogP contribution in [0.3, 0.4) is 0 Å². The molecule has 0 saturated carbocycles. The van der Waals surface area contributed by atoms with Gasteiger partial charge < -0.3 is 24.8 Å². The van der Waals surface area contributed by atoms with Crippen LogP contribution < -0.4 is 5.32 Å². The Labute approximate surface area is 208 Å². The van der Waals surface area contributed by atoms with E-state index in [2.05, 4.69) is 41.5 Å². The largest absolute Gasteiger partial charge is 0.444 e. The number of carbonyl (C=O) groups is 2. The maximum atomic E-state index is 13.4. The summed E-state index contributed by atoms with van der Waals surface area (Å²) in [5.74, 6) is 0.246. The lowest BCUT2D eigenvalue weighted by Crippen LogP contribution is -2.47. The number of nitrogens with zero attached hydrogens (tertiary/aromatic N) is 3. The Balaban J connectivity index is 1.50. The van der Waals surface area contributed by atoms with Crippen molar-refractivity contribution in [3.8, 4) is 0 Å². The maximum Gasteiger partial charge on any atom is 0.410 e. The fourth-order valence-electron chi connectivity index (χ4n) is 5.62. The number of nitrogens with one attached hydrogen (secondary N) is 1. The highest BCUT2D eigenvalue weighted by molar-refractivity contribution is 5.95. The van der Waals surface area contributed by atoms with Crippen LogP contribution in [-0.2, 0) is 4.74 Å². The van der Waals surface area contributed by atoms with Gasteiger partial charge in [0.05, 0.1) is 12.1 Å². The van der Waals surface area contributed by atoms with E-state index in [1.807, 2.05) is 54.8 Å². The fourth-order valence-corrected chi connectivity index (χ4v) is 5.62. The minimum Gasteiger partial charge on any atom is -0.444 e. The summed E-state index contributed by atoms with van der Waals surface area (Å²) < 4.78 is 5.80. The second-order valence-corrected chi connectivity index (χ2v) is 11.0. The zero-order chi connectivity index (χ0) is 24.7. The van der Waals surface area contributed by atoms with E-state index in [4.69, 9.17) is 4.74 Å². The van der Waals surface area contributed by atoms with Gasteiger partial charge >= 0.3 is 6.09 Å². The highest BCUT2D eigenvalue weighted by atomic mass is 16.6. The van der Waals surface area contributed by atoms with Gasteiger partial charge in [0.15, 0.2) is 0 Å². The molecule has 3 atom stereocenters. The molecule has 3 aliphatic rings. The SMILES string of the molecule is CN1CCN(C(=O)c2ccc3c(c2)C2C(CCN2C(=O)OC(C)(C)C)C(c2ccccc2)N3)CC1. The summed E-state index contributed by atoms with van der Waals surface area (Å²) in [6, 6.07) is 16.3. The number of piperazine rings is 1. The lowest BCUT2D eigenvalue weighted by molar-refractivity contribution is 0.0198. The number of hydrogen-bond acceptors (Lipinski definition) is 5. The van der Waals surface area contributed by atoms with Crippen LogP contribution in [0.4, 0.5) is 10.5 Å². The first kappa shape index (κ1) is 23.7. The Morgan fingerprint density at radius 1 is 0.971 bits per heavy atom. The quantitative estimate of drug-likeness (QED) is 0.690. The highest BCUT2D eigenvalue weighted by Crippen LogP contribution is 2.51. The van der Waals surface area contributed by atoms with E-state index in [0.29, 0.717) is 12.1 Å². The Morgan fingerprint density at radius 3 is 2.37 bits per heavy atom. The van der Waals surface area contributed by atoms with Crippen LogP contribution in [0.25, 0.3) is 0 Å². The first-order chi connectivity index (χ1) is 16.7. The third-order valence-electron chi connectivity index (χ3n) is 7.38. The zero-order valence-corrected chi connectivity index (χ0v) is 21.2. The number of rotatable bonds is 2. The Hall–Kier alpha value is -3.06. The van der Waals surface area contributed by atoms with Crippen molar-refractivity contribution >= 4 is 17.7 Å². The molecule has 0 aliphatic carbocycles. The standard InChI is InChI=1S/C28H36N4O3/c1-28(2,3)35-27(34)32-13-12-21-24(19-8-6-5-7-9-19)29-23-11-10-20(18-22(23)25(21)32)26(33)31-16-14-30(4)15-17-31/h5-11,18,21,24-25,29H,12-17H2,1-4H3. The molecular weight excluding hydrogens is 440 g/mol. The molecule has 186 valence electrons. The van der Waals surface area contributed by atoms with Gasteiger partial charge in [0, 0.05) is 49.9 Å². The normalized spacial score (nSPS) is 24.4. The van der Waals surface area contributed by atoms with Gasteiger partial charge in [-0.15, -0.1) is 0 Å². The molecule has 7 heteroatoms. The van der Waals surface area contributed by atoms with E-state index in [9.17, 15) is 9.59 Å². The molecule has 0 spiro atoms. The van der Waals surface area contributed by atoms with Crippen LogP contribution in [0.2, 0.25) is 0 Å². The molecule has 0 radical (unpaired) electrons. The Morgan fingerprint density at radius 2 is 1.69 bits per heavy atom. The number of likely N-dealkylation sites (N-methyl/N-ethyl adjacent to an activating group) is 1. The summed E-state index contributed by atoms with van der Waals surface area (Å²) in [7, 11) is 2.08. The molecule has 7 nitrogen and oxygen atoms in total. The number of anilines is 1. The molecule has 5 rings (SSSR count). The number of hydrogen-bond donors (Lipinski definition) is 1. The van der Waals surface area contributed by atoms with Gasteiger partial charge in [-0.3, -0.25) is 4.79 Å². The van der Waals surface area contributed by atoms with Crippen LogP contribution in [0.5, 0.6) is 0 Å². The van der Waals surface area contributed by atoms with Crippen molar-refractivity contribution < 1.29 is 14.3 Å². The van der Waals surface area contributed by atoms with Crippen LogP contribution in [0.15, 0.2) is 48.5 Å². The highest BCUT2D eigenvalue weighted by Gasteiger charge is 2.47. The summed E-state index contributed by atoms with van der Waals surface area (Å²) in [5.41, 5.74) is 3.30. The first-order valence-corrected chi connectivity index (χ1v) is 12.6. The third kappa shape index (κ3) is 4.74. The van der Waals surface area contributed by atoms with Gasteiger partial charge in [-0.05, 0) is 63.6 Å². The van der Waals surface area contributed by atoms with Crippen molar-refractivity contribution in [2.75, 3.05) is 45.1 Å². The van der Waals surface area contributed by atoms with Crippen molar-refractivity contribution in [2.45, 2.75) is 44.9 Å². The Bertz CT molecular complexity index is 1090. The van der Waals surface area contributed by atoms with E-state index in [1.165, 1.54) is 5.56 Å². The molecule has 2 saturated heterocycles. The summed E-state index contributed by atoms with van der Waals surface area (Å²) in [6.07, 6.45) is 0.576. The van der Waals surface area contributed by atoms with E-state index in [1.54, 1.807) is 0 Å². The van der Waals surface area contributed by atoms with Crippen molar-refractivity contribution in [3.05, 3.63) is 65.2 Å². The van der Waals surface area contributed by atoms with Crippen LogP contribution >= 0.6 is 0 Å². The number of carbonyl (C=O) groups excluding carboxylic acids is 2. The number of likely N-dealkylation sites (tertiary alicyclic amines) is 1. The number of ether oxygens (including phenoxy) is 1. The lowest BCUT2D eigenvalue weighted by atomic mass is 9.79. The van der Waals surface area contributed by atoms with Crippen molar-refractivity contribution in [2.24, 2.45) is 5.92 Å². The lowest BCUT2D eigenvalue weighted by Gasteiger charge is -2.40. The molecular formula is C28H36N4O3. The van der Waals surface area contributed by atoms with Gasteiger partial charge in [0.1, 0.15) is 5.60 Å². The summed E-state index contributed by atoms with van der Waals surface area (Å²) in [5, 5.41) is 3.73. The molecule has 35 heavy (non-hydrogen) atoms. The summed E-state index contributed by atoms with van der Waals surface area (Å²) >= 11 is 0. The van der Waals surface area contributed by atoms with Crippen LogP contribution in [-0.4, -0.2) is 72.1 Å². The molecule has 2 aromatic carbocycles. The fraction of sp³-hybridized carbons (Fsp3) is 0.500. The minimum atomic E-state index is -0.566. The monoisotopic (exact) mass is 476 g/mol. The van der Waals surface area contributed by atoms with Gasteiger partial charge in [0.25, 0.3) is 5.91 Å². The molecule has 2 aromatic rings. The average molecular weight is 477 g/mol. The van der Waals surface area contributed by atoms with E-state index in [0.717, 1.165) is 43.9 Å². The number of amides is 2. The third-order valence-corrected chi connectivity index (χ3v) is 7.38. The van der Waals surface area contributed by atoms with Gasteiger partial charge in [-0.1, -0.05) is 30.3 Å². The van der Waals surface area contributed by atoms with E-state index < -0.39 is 5.60 Å². The molecule has 3 unspecified atom stereocenters. The topological polar surface area (TPSA) is 65.1 Å². The molecule has 2 amide bonds. The molecule has 0 aromatic heterocycles. The first-order valence-electron chi connectivity index (χ1n) is 12.6. The predicted molar refractivity (Wildman–Crippen MR) is 136 cm³/mol. The van der Waals surface area contributed by atoms with Gasteiger partial charge in [-0.2, -0.15) is 0 Å². The second kappa shape index (κ2) is 9.19.